The molecule has 2 aromatic carbocycles. The highest BCUT2D eigenvalue weighted by atomic mass is 35.5. The summed E-state index contributed by atoms with van der Waals surface area (Å²) >= 11 is 18.1. The van der Waals surface area contributed by atoms with Gasteiger partial charge in [-0.05, 0) is 55.3 Å². The normalized spacial score (nSPS) is 14.6. The summed E-state index contributed by atoms with van der Waals surface area (Å²) in [5.74, 6) is 0.685. The second kappa shape index (κ2) is 9.21. The molecular formula is C22H19Cl3N4O. The van der Waals surface area contributed by atoms with Gasteiger partial charge in [0.2, 0.25) is 5.91 Å². The van der Waals surface area contributed by atoms with E-state index in [4.69, 9.17) is 34.8 Å². The first kappa shape index (κ1) is 20.9. The monoisotopic (exact) mass is 460 g/mol. The Morgan fingerprint density at radius 1 is 0.900 bits per heavy atom. The van der Waals surface area contributed by atoms with E-state index in [1.807, 2.05) is 36.4 Å². The van der Waals surface area contributed by atoms with Gasteiger partial charge in [-0.2, -0.15) is 0 Å². The molecule has 0 saturated carbocycles. The van der Waals surface area contributed by atoms with Crippen LogP contribution in [0.3, 0.4) is 0 Å². The minimum Gasteiger partial charge on any atom is -0.355 e. The van der Waals surface area contributed by atoms with Gasteiger partial charge >= 0.3 is 0 Å². The van der Waals surface area contributed by atoms with Gasteiger partial charge in [-0.15, -0.1) is 10.2 Å². The van der Waals surface area contributed by atoms with Crippen molar-refractivity contribution in [3.05, 3.63) is 69.7 Å². The van der Waals surface area contributed by atoms with Gasteiger partial charge in [0, 0.05) is 34.6 Å². The van der Waals surface area contributed by atoms with Crippen LogP contribution in [0.25, 0.3) is 11.3 Å². The lowest BCUT2D eigenvalue weighted by Gasteiger charge is -2.31. The quantitative estimate of drug-likeness (QED) is 0.521. The van der Waals surface area contributed by atoms with E-state index in [1.165, 1.54) is 0 Å². The van der Waals surface area contributed by atoms with Crippen LogP contribution in [-0.4, -0.2) is 29.2 Å². The van der Waals surface area contributed by atoms with E-state index in [0.29, 0.717) is 20.8 Å². The number of hydrogen-bond acceptors (Lipinski definition) is 4. The van der Waals surface area contributed by atoms with E-state index in [9.17, 15) is 4.79 Å². The molecule has 0 radical (unpaired) electrons. The Balaban J connectivity index is 1.35. The molecule has 8 heteroatoms. The predicted octanol–water partition coefficient (Wildman–Crippen LogP) is 5.96. The first-order valence-corrected chi connectivity index (χ1v) is 10.7. The smallest absolute Gasteiger partial charge is 0.227 e. The highest BCUT2D eigenvalue weighted by Gasteiger charge is 2.26. The molecule has 2 heterocycles. The van der Waals surface area contributed by atoms with Crippen molar-refractivity contribution in [2.24, 2.45) is 5.92 Å². The first-order chi connectivity index (χ1) is 14.5. The number of rotatable bonds is 4. The van der Waals surface area contributed by atoms with E-state index in [2.05, 4.69) is 20.4 Å². The number of amides is 1. The fourth-order valence-corrected chi connectivity index (χ4v) is 3.93. The van der Waals surface area contributed by atoms with Crippen LogP contribution in [0, 0.1) is 5.92 Å². The number of nitrogens with one attached hydrogen (secondary N) is 1. The fraction of sp³-hybridized carbons (Fsp3) is 0.227. The number of carbonyl (C=O) groups excluding carboxylic acids is 1. The Morgan fingerprint density at radius 3 is 2.27 bits per heavy atom. The standard InChI is InChI=1S/C22H19Cl3N4O/c23-16-3-1-14(2-4-16)19-7-8-21(28-27-19)29-11-9-15(10-12-29)22(30)26-20-13-17(24)5-6-18(20)25/h1-8,13,15H,9-12H2,(H,26,30). The summed E-state index contributed by atoms with van der Waals surface area (Å²) in [4.78, 5) is 14.8. The highest BCUT2D eigenvalue weighted by Crippen LogP contribution is 2.28. The van der Waals surface area contributed by atoms with Gasteiger partial charge in [0.1, 0.15) is 0 Å². The predicted molar refractivity (Wildman–Crippen MR) is 123 cm³/mol. The molecule has 1 fully saturated rings. The van der Waals surface area contributed by atoms with Crippen molar-refractivity contribution < 1.29 is 4.79 Å². The second-order valence-corrected chi connectivity index (χ2v) is 8.44. The molecule has 5 nitrogen and oxygen atoms in total. The average Bonchev–Trinajstić information content (AvgIpc) is 2.77. The van der Waals surface area contributed by atoms with Crippen molar-refractivity contribution in [1.29, 1.82) is 0 Å². The van der Waals surface area contributed by atoms with Gasteiger partial charge in [-0.25, -0.2) is 0 Å². The maximum atomic E-state index is 12.6. The Morgan fingerprint density at radius 2 is 1.60 bits per heavy atom. The number of hydrogen-bond donors (Lipinski definition) is 1. The van der Waals surface area contributed by atoms with Crippen LogP contribution in [0.5, 0.6) is 0 Å². The molecule has 4 rings (SSSR count). The molecule has 0 aliphatic carbocycles. The molecule has 1 N–H and O–H groups in total. The van der Waals surface area contributed by atoms with E-state index < -0.39 is 0 Å². The molecule has 30 heavy (non-hydrogen) atoms. The van der Waals surface area contributed by atoms with Crippen LogP contribution >= 0.6 is 34.8 Å². The van der Waals surface area contributed by atoms with Crippen LogP contribution in [-0.2, 0) is 4.79 Å². The molecule has 154 valence electrons. The topological polar surface area (TPSA) is 58.1 Å². The summed E-state index contributed by atoms with van der Waals surface area (Å²) in [5, 5.41) is 13.3. The summed E-state index contributed by atoms with van der Waals surface area (Å²) < 4.78 is 0. The molecule has 1 aliphatic rings. The second-order valence-electron chi connectivity index (χ2n) is 7.16. The van der Waals surface area contributed by atoms with Crippen molar-refractivity contribution in [3.8, 4) is 11.3 Å². The maximum absolute atomic E-state index is 12.6. The van der Waals surface area contributed by atoms with Crippen LogP contribution in [0.1, 0.15) is 12.8 Å². The van der Waals surface area contributed by atoms with Crippen LogP contribution in [0.15, 0.2) is 54.6 Å². The minimum absolute atomic E-state index is 0.0389. The Bertz CT molecular complexity index is 1030. The zero-order chi connectivity index (χ0) is 21.1. The van der Waals surface area contributed by atoms with Crippen LogP contribution < -0.4 is 10.2 Å². The molecule has 0 spiro atoms. The number of piperidine rings is 1. The molecular weight excluding hydrogens is 443 g/mol. The molecule has 1 aliphatic heterocycles. The molecule has 0 atom stereocenters. The highest BCUT2D eigenvalue weighted by molar-refractivity contribution is 6.35. The molecule has 0 unspecified atom stereocenters. The summed E-state index contributed by atoms with van der Waals surface area (Å²) in [6.07, 6.45) is 1.45. The van der Waals surface area contributed by atoms with Gasteiger partial charge in [0.05, 0.1) is 16.4 Å². The molecule has 3 aromatic rings. The summed E-state index contributed by atoms with van der Waals surface area (Å²) in [5.41, 5.74) is 2.30. The molecule has 1 aromatic heterocycles. The Hall–Kier alpha value is -2.34. The van der Waals surface area contributed by atoms with Crippen molar-refractivity contribution >= 4 is 52.2 Å². The number of halogens is 3. The van der Waals surface area contributed by atoms with Crippen LogP contribution in [0.4, 0.5) is 11.5 Å². The van der Waals surface area contributed by atoms with Gasteiger partial charge in [-0.1, -0.05) is 46.9 Å². The first-order valence-electron chi connectivity index (χ1n) is 9.60. The SMILES string of the molecule is O=C(Nc1cc(Cl)ccc1Cl)C1CCN(c2ccc(-c3ccc(Cl)cc3)nn2)CC1. The number of carbonyl (C=O) groups is 1. The van der Waals surface area contributed by atoms with Gasteiger partial charge < -0.3 is 10.2 Å². The van der Waals surface area contributed by atoms with E-state index in [0.717, 1.165) is 43.0 Å². The number of benzene rings is 2. The lowest BCUT2D eigenvalue weighted by Crippen LogP contribution is -2.38. The van der Waals surface area contributed by atoms with Crippen molar-refractivity contribution in [1.82, 2.24) is 10.2 Å². The lowest BCUT2D eigenvalue weighted by molar-refractivity contribution is -0.120. The van der Waals surface area contributed by atoms with Crippen molar-refractivity contribution in [2.75, 3.05) is 23.3 Å². The molecule has 1 amide bonds. The molecule has 0 bridgehead atoms. The Kier molecular flexibility index (Phi) is 6.42. The third-order valence-corrected chi connectivity index (χ3v) is 5.98. The van der Waals surface area contributed by atoms with Gasteiger partial charge in [0.15, 0.2) is 5.82 Å². The third kappa shape index (κ3) is 4.86. The van der Waals surface area contributed by atoms with E-state index in [-0.39, 0.29) is 11.8 Å². The van der Waals surface area contributed by atoms with Crippen molar-refractivity contribution in [2.45, 2.75) is 12.8 Å². The van der Waals surface area contributed by atoms with Crippen molar-refractivity contribution in [3.63, 3.8) is 0 Å². The summed E-state index contributed by atoms with van der Waals surface area (Å²) in [6, 6.07) is 16.4. The zero-order valence-corrected chi connectivity index (χ0v) is 18.3. The average molecular weight is 462 g/mol. The lowest BCUT2D eigenvalue weighted by atomic mass is 9.95. The minimum atomic E-state index is -0.0856. The van der Waals surface area contributed by atoms with E-state index >= 15 is 0 Å². The fourth-order valence-electron chi connectivity index (χ4n) is 3.47. The van der Waals surface area contributed by atoms with Gasteiger partial charge in [0.25, 0.3) is 0 Å². The third-order valence-electron chi connectivity index (χ3n) is 5.17. The summed E-state index contributed by atoms with van der Waals surface area (Å²) in [7, 11) is 0. The number of anilines is 2. The zero-order valence-electron chi connectivity index (χ0n) is 16.0. The maximum Gasteiger partial charge on any atom is 0.227 e. The number of aromatic nitrogens is 2. The van der Waals surface area contributed by atoms with Crippen LogP contribution in [0.2, 0.25) is 15.1 Å². The molecule has 1 saturated heterocycles. The van der Waals surface area contributed by atoms with E-state index in [1.54, 1.807) is 18.2 Å². The number of nitrogens with zero attached hydrogens (tertiary/aromatic N) is 3. The largest absolute Gasteiger partial charge is 0.355 e. The van der Waals surface area contributed by atoms with Gasteiger partial charge in [-0.3, -0.25) is 4.79 Å². The Labute approximate surface area is 190 Å². The summed E-state index contributed by atoms with van der Waals surface area (Å²) in [6.45, 7) is 1.46.